The van der Waals surface area contributed by atoms with Crippen LogP contribution in [0.3, 0.4) is 0 Å². The van der Waals surface area contributed by atoms with Crippen molar-refractivity contribution in [2.45, 2.75) is 13.3 Å². The Hall–Kier alpha value is -2.23. The molecule has 4 heteroatoms. The first-order valence-corrected chi connectivity index (χ1v) is 6.22. The first-order chi connectivity index (χ1) is 9.06. The summed E-state index contributed by atoms with van der Waals surface area (Å²) in [5.41, 5.74) is 6.89. The molecule has 0 aliphatic rings. The molecular weight excluding hydrogens is 240 g/mol. The highest BCUT2D eigenvalue weighted by atomic mass is 16.3. The Morgan fingerprint density at radius 2 is 2.11 bits per heavy atom. The summed E-state index contributed by atoms with van der Waals surface area (Å²) in [4.78, 5) is 13.8. The second kappa shape index (κ2) is 5.61. The van der Waals surface area contributed by atoms with E-state index in [2.05, 4.69) is 0 Å². The summed E-state index contributed by atoms with van der Waals surface area (Å²) in [7, 11) is 1.78. The van der Waals surface area contributed by atoms with Crippen molar-refractivity contribution in [2.75, 3.05) is 19.3 Å². The van der Waals surface area contributed by atoms with Crippen LogP contribution in [0, 0.1) is 6.92 Å². The Morgan fingerprint density at radius 1 is 1.32 bits per heavy atom. The molecule has 19 heavy (non-hydrogen) atoms. The van der Waals surface area contributed by atoms with E-state index < -0.39 is 0 Å². The average Bonchev–Trinajstić information content (AvgIpc) is 2.81. The molecule has 0 saturated carbocycles. The van der Waals surface area contributed by atoms with E-state index in [0.717, 1.165) is 11.5 Å². The van der Waals surface area contributed by atoms with Crippen LogP contribution in [0.15, 0.2) is 40.8 Å². The lowest BCUT2D eigenvalue weighted by atomic mass is 10.2. The van der Waals surface area contributed by atoms with Crippen LogP contribution in [0.2, 0.25) is 0 Å². The summed E-state index contributed by atoms with van der Waals surface area (Å²) in [6, 6.07) is 10.9. The molecule has 1 aromatic heterocycles. The van der Waals surface area contributed by atoms with Crippen LogP contribution in [0.25, 0.3) is 0 Å². The molecule has 2 rings (SSSR count). The molecule has 1 heterocycles. The first kappa shape index (κ1) is 13.2. The van der Waals surface area contributed by atoms with Crippen LogP contribution in [0.4, 0.5) is 5.69 Å². The molecule has 1 aromatic carbocycles. The highest BCUT2D eigenvalue weighted by Gasteiger charge is 2.12. The molecule has 0 spiro atoms. The van der Waals surface area contributed by atoms with Crippen molar-refractivity contribution in [1.29, 1.82) is 0 Å². The highest BCUT2D eigenvalue weighted by Crippen LogP contribution is 2.11. The molecule has 100 valence electrons. The first-order valence-electron chi connectivity index (χ1n) is 6.22. The maximum Gasteiger partial charge on any atom is 0.253 e. The second-order valence-corrected chi connectivity index (χ2v) is 4.61. The summed E-state index contributed by atoms with van der Waals surface area (Å²) in [5, 5.41) is 0. The maximum absolute atomic E-state index is 12.2. The smallest absolute Gasteiger partial charge is 0.253 e. The predicted molar refractivity (Wildman–Crippen MR) is 75.0 cm³/mol. The Morgan fingerprint density at radius 3 is 2.74 bits per heavy atom. The van der Waals surface area contributed by atoms with Crippen molar-refractivity contribution in [3.8, 4) is 0 Å². The van der Waals surface area contributed by atoms with Gasteiger partial charge >= 0.3 is 0 Å². The SMILES string of the molecule is Cc1ccc(CCN(C)C(=O)c2cccc(N)c2)o1. The van der Waals surface area contributed by atoms with Gasteiger partial charge in [-0.3, -0.25) is 4.79 Å². The maximum atomic E-state index is 12.2. The second-order valence-electron chi connectivity index (χ2n) is 4.61. The molecule has 0 unspecified atom stereocenters. The zero-order chi connectivity index (χ0) is 13.8. The fourth-order valence-electron chi connectivity index (χ4n) is 1.89. The third-order valence-electron chi connectivity index (χ3n) is 2.97. The standard InChI is InChI=1S/C15H18N2O2/c1-11-6-7-14(19-11)8-9-17(2)15(18)12-4-3-5-13(16)10-12/h3-7,10H,8-9,16H2,1-2H3. The number of nitrogens with zero attached hydrogens (tertiary/aromatic N) is 1. The van der Waals surface area contributed by atoms with E-state index in [-0.39, 0.29) is 5.91 Å². The number of likely N-dealkylation sites (N-methyl/N-ethyl adjacent to an activating group) is 1. The minimum absolute atomic E-state index is 0.0319. The topological polar surface area (TPSA) is 59.5 Å². The number of hydrogen-bond donors (Lipinski definition) is 1. The van der Waals surface area contributed by atoms with Gasteiger partial charge in [-0.15, -0.1) is 0 Å². The summed E-state index contributed by atoms with van der Waals surface area (Å²) >= 11 is 0. The molecule has 0 bridgehead atoms. The van der Waals surface area contributed by atoms with Crippen molar-refractivity contribution in [3.63, 3.8) is 0 Å². The van der Waals surface area contributed by atoms with Crippen molar-refractivity contribution in [1.82, 2.24) is 4.90 Å². The minimum Gasteiger partial charge on any atom is -0.466 e. The molecule has 0 atom stereocenters. The fraction of sp³-hybridized carbons (Fsp3) is 0.267. The van der Waals surface area contributed by atoms with Gasteiger partial charge in [-0.2, -0.15) is 0 Å². The third kappa shape index (κ3) is 3.37. The van der Waals surface area contributed by atoms with E-state index >= 15 is 0 Å². The lowest BCUT2D eigenvalue weighted by Crippen LogP contribution is -2.28. The van der Waals surface area contributed by atoms with Gasteiger partial charge in [-0.25, -0.2) is 0 Å². The van der Waals surface area contributed by atoms with Gasteiger partial charge < -0.3 is 15.1 Å². The number of nitrogens with two attached hydrogens (primary N) is 1. The van der Waals surface area contributed by atoms with Crippen molar-refractivity contribution in [3.05, 3.63) is 53.5 Å². The zero-order valence-electron chi connectivity index (χ0n) is 11.2. The molecule has 0 fully saturated rings. The van der Waals surface area contributed by atoms with Crippen LogP contribution in [-0.2, 0) is 6.42 Å². The van der Waals surface area contributed by atoms with Crippen LogP contribution in [-0.4, -0.2) is 24.4 Å². The molecule has 0 aliphatic carbocycles. The van der Waals surface area contributed by atoms with Crippen LogP contribution in [0.1, 0.15) is 21.9 Å². The lowest BCUT2D eigenvalue weighted by Gasteiger charge is -2.16. The number of anilines is 1. The largest absolute Gasteiger partial charge is 0.466 e. The molecule has 0 aliphatic heterocycles. The Labute approximate surface area is 112 Å². The van der Waals surface area contributed by atoms with Gasteiger partial charge in [-0.1, -0.05) is 6.07 Å². The summed E-state index contributed by atoms with van der Waals surface area (Å²) in [6.45, 7) is 2.52. The summed E-state index contributed by atoms with van der Waals surface area (Å²) in [6.07, 6.45) is 0.707. The van der Waals surface area contributed by atoms with Crippen LogP contribution >= 0.6 is 0 Å². The zero-order valence-corrected chi connectivity index (χ0v) is 11.2. The summed E-state index contributed by atoms with van der Waals surface area (Å²) in [5.74, 6) is 1.75. The van der Waals surface area contributed by atoms with Crippen LogP contribution in [0.5, 0.6) is 0 Å². The number of carbonyl (C=O) groups excluding carboxylic acids is 1. The van der Waals surface area contributed by atoms with E-state index in [4.69, 9.17) is 10.2 Å². The van der Waals surface area contributed by atoms with Crippen molar-refractivity contribution >= 4 is 11.6 Å². The van der Waals surface area contributed by atoms with Crippen molar-refractivity contribution in [2.24, 2.45) is 0 Å². The normalized spacial score (nSPS) is 10.4. The number of aryl methyl sites for hydroxylation is 1. The monoisotopic (exact) mass is 258 g/mol. The Kier molecular flexibility index (Phi) is 3.90. The number of amides is 1. The predicted octanol–water partition coefficient (Wildman–Crippen LogP) is 2.48. The summed E-state index contributed by atoms with van der Waals surface area (Å²) < 4.78 is 5.48. The highest BCUT2D eigenvalue weighted by molar-refractivity contribution is 5.94. The molecular formula is C15H18N2O2. The van der Waals surface area contributed by atoms with Gasteiger partial charge in [0.2, 0.25) is 0 Å². The molecule has 0 saturated heterocycles. The molecule has 1 amide bonds. The van der Waals surface area contributed by atoms with Gasteiger partial charge in [0.05, 0.1) is 0 Å². The van der Waals surface area contributed by atoms with Crippen molar-refractivity contribution < 1.29 is 9.21 Å². The number of hydrogen-bond acceptors (Lipinski definition) is 3. The van der Waals surface area contributed by atoms with Gasteiger partial charge in [0.15, 0.2) is 0 Å². The number of carbonyl (C=O) groups is 1. The lowest BCUT2D eigenvalue weighted by molar-refractivity contribution is 0.0795. The third-order valence-corrected chi connectivity index (χ3v) is 2.97. The molecule has 2 aromatic rings. The fourth-order valence-corrected chi connectivity index (χ4v) is 1.89. The molecule has 2 N–H and O–H groups in total. The van der Waals surface area contributed by atoms with Crippen LogP contribution < -0.4 is 5.73 Å². The van der Waals surface area contributed by atoms with E-state index in [1.165, 1.54) is 0 Å². The Bertz CT molecular complexity index is 575. The average molecular weight is 258 g/mol. The van der Waals surface area contributed by atoms with Gasteiger partial charge in [-0.05, 0) is 37.3 Å². The minimum atomic E-state index is -0.0319. The van der Waals surface area contributed by atoms with Gasteiger partial charge in [0, 0.05) is 31.3 Å². The van der Waals surface area contributed by atoms with E-state index in [0.29, 0.717) is 24.2 Å². The molecule has 0 radical (unpaired) electrons. The number of nitrogen functional groups attached to an aromatic ring is 1. The quantitative estimate of drug-likeness (QED) is 0.857. The number of furan rings is 1. The van der Waals surface area contributed by atoms with Gasteiger partial charge in [0.1, 0.15) is 11.5 Å². The van der Waals surface area contributed by atoms with E-state index in [1.807, 2.05) is 19.1 Å². The van der Waals surface area contributed by atoms with E-state index in [1.54, 1.807) is 36.2 Å². The number of benzene rings is 1. The van der Waals surface area contributed by atoms with E-state index in [9.17, 15) is 4.79 Å². The molecule has 4 nitrogen and oxygen atoms in total. The van der Waals surface area contributed by atoms with Gasteiger partial charge in [0.25, 0.3) is 5.91 Å². The number of rotatable bonds is 4. The Balaban J connectivity index is 1.96.